The minimum atomic E-state index is -0.355. The van der Waals surface area contributed by atoms with Crippen LogP contribution < -0.4 is 10.6 Å². The Morgan fingerprint density at radius 2 is 2.08 bits per heavy atom. The van der Waals surface area contributed by atoms with E-state index in [0.717, 1.165) is 76.2 Å². The van der Waals surface area contributed by atoms with Crippen LogP contribution in [0.2, 0.25) is 0 Å². The summed E-state index contributed by atoms with van der Waals surface area (Å²) in [7, 11) is 0. The zero-order valence-corrected chi connectivity index (χ0v) is 14.9. The number of aryl methyl sites for hydroxylation is 1. The van der Waals surface area contributed by atoms with Crippen LogP contribution in [0.1, 0.15) is 56.7 Å². The van der Waals surface area contributed by atoms with Gasteiger partial charge in [-0.25, -0.2) is 4.98 Å². The Kier molecular flexibility index (Phi) is 5.25. The van der Waals surface area contributed by atoms with E-state index in [9.17, 15) is 5.11 Å². The summed E-state index contributed by atoms with van der Waals surface area (Å²) >= 11 is 0. The van der Waals surface area contributed by atoms with E-state index in [0.29, 0.717) is 5.95 Å². The lowest BCUT2D eigenvalue weighted by molar-refractivity contribution is -0.164. The number of aliphatic hydroxyl groups excluding tert-OH is 1. The fraction of sp³-hybridized carbons (Fsp3) is 0.778. The molecule has 0 aliphatic carbocycles. The van der Waals surface area contributed by atoms with Crippen LogP contribution in [0.5, 0.6) is 0 Å². The molecule has 0 radical (unpaired) electrons. The number of ether oxygens (including phenoxy) is 1. The van der Waals surface area contributed by atoms with Crippen LogP contribution in [0, 0.1) is 6.92 Å². The average molecular weight is 334 g/mol. The number of nitrogens with two attached hydrogens (primary N) is 1. The van der Waals surface area contributed by atoms with Crippen LogP contribution in [0.4, 0.5) is 11.8 Å². The van der Waals surface area contributed by atoms with Crippen molar-refractivity contribution in [1.82, 2.24) is 9.97 Å². The maximum Gasteiger partial charge on any atom is 0.222 e. The first-order valence-electron chi connectivity index (χ1n) is 9.25. The number of hydrogen-bond donors (Lipinski definition) is 2. The van der Waals surface area contributed by atoms with Gasteiger partial charge in [-0.1, -0.05) is 13.3 Å². The summed E-state index contributed by atoms with van der Waals surface area (Å²) in [6.45, 7) is 6.65. The molecular formula is C18H30N4O2. The predicted octanol–water partition coefficient (Wildman–Crippen LogP) is 2.22. The molecule has 1 aromatic heterocycles. The number of nitrogens with zero attached hydrogens (tertiary/aromatic N) is 3. The van der Waals surface area contributed by atoms with Gasteiger partial charge in [0.15, 0.2) is 0 Å². The number of unbranched alkanes of at least 4 members (excludes halogenated alkanes) is 1. The van der Waals surface area contributed by atoms with Crippen LogP contribution in [0.25, 0.3) is 0 Å². The van der Waals surface area contributed by atoms with E-state index in [1.165, 1.54) is 5.56 Å². The van der Waals surface area contributed by atoms with Crippen molar-refractivity contribution in [3.05, 3.63) is 11.3 Å². The number of aliphatic hydroxyl groups is 1. The van der Waals surface area contributed by atoms with Gasteiger partial charge in [0.2, 0.25) is 5.95 Å². The Labute approximate surface area is 144 Å². The van der Waals surface area contributed by atoms with Crippen LogP contribution in [-0.4, -0.2) is 46.5 Å². The molecule has 3 heterocycles. The normalized spacial score (nSPS) is 23.6. The second-order valence-electron chi connectivity index (χ2n) is 7.13. The average Bonchev–Trinajstić information content (AvgIpc) is 2.57. The topological polar surface area (TPSA) is 84.5 Å². The van der Waals surface area contributed by atoms with Crippen molar-refractivity contribution in [2.45, 2.75) is 70.5 Å². The molecule has 0 unspecified atom stereocenters. The molecule has 0 bridgehead atoms. The summed E-state index contributed by atoms with van der Waals surface area (Å²) in [6.07, 6.45) is 6.39. The molecule has 0 aromatic carbocycles. The first-order chi connectivity index (χ1) is 11.6. The molecule has 2 fully saturated rings. The molecule has 134 valence electrons. The van der Waals surface area contributed by atoms with Gasteiger partial charge in [-0.3, -0.25) is 0 Å². The highest BCUT2D eigenvalue weighted by Gasteiger charge is 2.44. The predicted molar refractivity (Wildman–Crippen MR) is 95.2 cm³/mol. The van der Waals surface area contributed by atoms with E-state index in [4.69, 9.17) is 10.5 Å². The third-order valence-electron chi connectivity index (χ3n) is 5.52. The van der Waals surface area contributed by atoms with Gasteiger partial charge in [0.25, 0.3) is 0 Å². The fourth-order valence-corrected chi connectivity index (χ4v) is 4.00. The van der Waals surface area contributed by atoms with Crippen molar-refractivity contribution in [2.75, 3.05) is 30.3 Å². The molecule has 1 atom stereocenters. The van der Waals surface area contributed by atoms with Gasteiger partial charge in [0.1, 0.15) is 5.82 Å². The highest BCUT2D eigenvalue weighted by Crippen LogP contribution is 2.37. The summed E-state index contributed by atoms with van der Waals surface area (Å²) in [6, 6.07) is 0. The van der Waals surface area contributed by atoms with E-state index in [1.807, 2.05) is 6.92 Å². The fourth-order valence-electron chi connectivity index (χ4n) is 4.00. The Morgan fingerprint density at radius 1 is 1.33 bits per heavy atom. The Morgan fingerprint density at radius 3 is 2.75 bits per heavy atom. The molecule has 1 aromatic rings. The van der Waals surface area contributed by atoms with Gasteiger partial charge in [0.05, 0.1) is 11.7 Å². The van der Waals surface area contributed by atoms with E-state index in [1.54, 1.807) is 0 Å². The van der Waals surface area contributed by atoms with Gasteiger partial charge in [-0.05, 0) is 45.4 Å². The smallest absolute Gasteiger partial charge is 0.222 e. The van der Waals surface area contributed by atoms with Crippen molar-refractivity contribution >= 4 is 11.8 Å². The van der Waals surface area contributed by atoms with E-state index in [2.05, 4.69) is 21.8 Å². The SMILES string of the molecule is CCCCc1c(C)nc(N)nc1N1CCC2(CC1)OCCC[C@H]2O. The summed E-state index contributed by atoms with van der Waals surface area (Å²) in [5, 5.41) is 10.4. The molecule has 3 rings (SSSR count). The second-order valence-corrected chi connectivity index (χ2v) is 7.13. The first-order valence-corrected chi connectivity index (χ1v) is 9.25. The van der Waals surface area contributed by atoms with Crippen LogP contribution >= 0.6 is 0 Å². The maximum absolute atomic E-state index is 10.4. The summed E-state index contributed by atoms with van der Waals surface area (Å²) in [5.41, 5.74) is 7.75. The minimum Gasteiger partial charge on any atom is -0.390 e. The molecule has 3 N–H and O–H groups in total. The molecule has 6 nitrogen and oxygen atoms in total. The summed E-state index contributed by atoms with van der Waals surface area (Å²) < 4.78 is 6.01. The molecular weight excluding hydrogens is 304 g/mol. The van der Waals surface area contributed by atoms with Crippen molar-refractivity contribution in [3.63, 3.8) is 0 Å². The van der Waals surface area contributed by atoms with E-state index < -0.39 is 0 Å². The zero-order chi connectivity index (χ0) is 17.2. The molecule has 0 amide bonds. The zero-order valence-electron chi connectivity index (χ0n) is 14.9. The van der Waals surface area contributed by atoms with Crippen molar-refractivity contribution < 1.29 is 9.84 Å². The van der Waals surface area contributed by atoms with Crippen molar-refractivity contribution in [1.29, 1.82) is 0 Å². The number of aromatic nitrogens is 2. The Hall–Kier alpha value is -1.40. The third-order valence-corrected chi connectivity index (χ3v) is 5.52. The van der Waals surface area contributed by atoms with Crippen LogP contribution in [0.15, 0.2) is 0 Å². The monoisotopic (exact) mass is 334 g/mol. The summed E-state index contributed by atoms with van der Waals surface area (Å²) in [4.78, 5) is 11.2. The van der Waals surface area contributed by atoms with Gasteiger partial charge in [-0.15, -0.1) is 0 Å². The van der Waals surface area contributed by atoms with E-state index in [-0.39, 0.29) is 11.7 Å². The highest BCUT2D eigenvalue weighted by molar-refractivity contribution is 5.52. The van der Waals surface area contributed by atoms with Gasteiger partial charge < -0.3 is 20.5 Å². The molecule has 0 saturated carbocycles. The number of piperidine rings is 1. The molecule has 2 aliphatic heterocycles. The van der Waals surface area contributed by atoms with Gasteiger partial charge in [-0.2, -0.15) is 4.98 Å². The first kappa shape index (κ1) is 17.4. The molecule has 6 heteroatoms. The third kappa shape index (κ3) is 3.35. The highest BCUT2D eigenvalue weighted by atomic mass is 16.5. The van der Waals surface area contributed by atoms with Crippen molar-refractivity contribution in [2.24, 2.45) is 0 Å². The summed E-state index contributed by atoms with van der Waals surface area (Å²) in [5.74, 6) is 1.32. The molecule has 2 saturated heterocycles. The number of nitrogen functional groups attached to an aromatic ring is 1. The minimum absolute atomic E-state index is 0.342. The van der Waals surface area contributed by atoms with Gasteiger partial charge in [0, 0.05) is 31.0 Å². The van der Waals surface area contributed by atoms with Crippen LogP contribution in [-0.2, 0) is 11.2 Å². The maximum atomic E-state index is 10.4. The molecule has 2 aliphatic rings. The molecule has 1 spiro atoms. The number of anilines is 2. The lowest BCUT2D eigenvalue weighted by Gasteiger charge is -2.47. The Bertz CT molecular complexity index is 570. The standard InChI is InChI=1S/C18H30N4O2/c1-3-4-6-14-13(2)20-17(19)21-16(14)22-10-8-18(9-11-22)15(23)7-5-12-24-18/h15,23H,3-12H2,1-2H3,(H2,19,20,21)/t15-/m1/s1. The largest absolute Gasteiger partial charge is 0.390 e. The Balaban J connectivity index is 1.78. The van der Waals surface area contributed by atoms with Gasteiger partial charge >= 0.3 is 0 Å². The van der Waals surface area contributed by atoms with Crippen LogP contribution in [0.3, 0.4) is 0 Å². The number of rotatable bonds is 4. The number of hydrogen-bond acceptors (Lipinski definition) is 6. The lowest BCUT2D eigenvalue weighted by Crippen LogP contribution is -2.55. The second kappa shape index (κ2) is 7.23. The quantitative estimate of drug-likeness (QED) is 0.878. The van der Waals surface area contributed by atoms with Crippen molar-refractivity contribution in [3.8, 4) is 0 Å². The lowest BCUT2D eigenvalue weighted by atomic mass is 9.82. The van der Waals surface area contributed by atoms with E-state index >= 15 is 0 Å². The molecule has 24 heavy (non-hydrogen) atoms.